The van der Waals surface area contributed by atoms with E-state index in [1.807, 2.05) is 0 Å². The van der Waals surface area contributed by atoms with Gasteiger partial charge in [0.2, 0.25) is 0 Å². The van der Waals surface area contributed by atoms with Crippen LogP contribution in [0.3, 0.4) is 0 Å². The van der Waals surface area contributed by atoms with Crippen molar-refractivity contribution in [3.8, 4) is 0 Å². The molecular weight excluding hydrogens is 260 g/mol. The fourth-order valence-corrected chi connectivity index (χ4v) is 1.23. The van der Waals surface area contributed by atoms with Gasteiger partial charge in [0.1, 0.15) is 5.69 Å². The molecule has 1 aromatic rings. The second-order valence-corrected chi connectivity index (χ2v) is 3.29. The van der Waals surface area contributed by atoms with Crippen molar-refractivity contribution < 1.29 is 18.3 Å². The minimum atomic E-state index is -2.79. The molecule has 0 aliphatic heterocycles. The van der Waals surface area contributed by atoms with Gasteiger partial charge in [0, 0.05) is 10.7 Å². The van der Waals surface area contributed by atoms with Gasteiger partial charge in [0.25, 0.3) is 6.43 Å². The highest BCUT2D eigenvalue weighted by Crippen LogP contribution is 2.23. The van der Waals surface area contributed by atoms with Crippen molar-refractivity contribution in [3.05, 3.63) is 28.0 Å². The number of ether oxygens (including phenoxy) is 1. The summed E-state index contributed by atoms with van der Waals surface area (Å²) in [6.45, 7) is 0. The van der Waals surface area contributed by atoms with Crippen LogP contribution in [0.15, 0.2) is 16.7 Å². The third-order valence-electron chi connectivity index (χ3n) is 1.50. The predicted octanol–water partition coefficient (Wildman–Crippen LogP) is 2.57. The molecule has 0 atom stereocenters. The number of pyridine rings is 1. The summed E-state index contributed by atoms with van der Waals surface area (Å²) < 4.78 is 29.5. The number of aromatic nitrogens is 1. The van der Waals surface area contributed by atoms with Crippen LogP contribution in [-0.4, -0.2) is 18.1 Å². The average Bonchev–Trinajstić information content (AvgIpc) is 2.16. The molecule has 0 saturated heterocycles. The van der Waals surface area contributed by atoms with Gasteiger partial charge >= 0.3 is 5.97 Å². The highest BCUT2D eigenvalue weighted by Gasteiger charge is 2.20. The zero-order valence-corrected chi connectivity index (χ0v) is 8.72. The van der Waals surface area contributed by atoms with Crippen molar-refractivity contribution in [2.45, 2.75) is 6.43 Å². The van der Waals surface area contributed by atoms with Gasteiger partial charge < -0.3 is 4.74 Å². The first kappa shape index (κ1) is 11.0. The quantitative estimate of drug-likeness (QED) is 0.772. The van der Waals surface area contributed by atoms with Gasteiger partial charge in [-0.05, 0) is 22.0 Å². The molecule has 0 bridgehead atoms. The summed E-state index contributed by atoms with van der Waals surface area (Å²) in [6.07, 6.45) is -1.59. The van der Waals surface area contributed by atoms with Crippen molar-refractivity contribution in [1.82, 2.24) is 4.98 Å². The van der Waals surface area contributed by atoms with E-state index in [0.29, 0.717) is 4.47 Å². The molecule has 1 aromatic heterocycles. The summed E-state index contributed by atoms with van der Waals surface area (Å²) in [7, 11) is 1.12. The third kappa shape index (κ3) is 2.25. The Kier molecular flexibility index (Phi) is 3.51. The third-order valence-corrected chi connectivity index (χ3v) is 1.93. The Balaban J connectivity index is 3.22. The zero-order chi connectivity index (χ0) is 10.7. The largest absolute Gasteiger partial charge is 0.465 e. The smallest absolute Gasteiger partial charge is 0.339 e. The lowest BCUT2D eigenvalue weighted by atomic mass is 10.2. The molecule has 76 valence electrons. The number of halogens is 3. The van der Waals surface area contributed by atoms with Gasteiger partial charge in [-0.25, -0.2) is 13.6 Å². The van der Waals surface area contributed by atoms with E-state index in [4.69, 9.17) is 0 Å². The van der Waals surface area contributed by atoms with E-state index >= 15 is 0 Å². The fourth-order valence-electron chi connectivity index (χ4n) is 0.897. The van der Waals surface area contributed by atoms with E-state index in [1.165, 1.54) is 12.3 Å². The monoisotopic (exact) mass is 265 g/mol. The predicted molar refractivity (Wildman–Crippen MR) is 48.2 cm³/mol. The molecule has 0 spiro atoms. The Hall–Kier alpha value is -1.04. The first-order valence-electron chi connectivity index (χ1n) is 3.58. The number of carbonyl (C=O) groups is 1. The van der Waals surface area contributed by atoms with E-state index < -0.39 is 18.1 Å². The molecule has 0 saturated carbocycles. The molecule has 0 amide bonds. The van der Waals surface area contributed by atoms with Crippen molar-refractivity contribution in [2.24, 2.45) is 0 Å². The maximum Gasteiger partial charge on any atom is 0.339 e. The maximum atomic E-state index is 12.4. The van der Waals surface area contributed by atoms with E-state index in [2.05, 4.69) is 25.7 Å². The number of alkyl halides is 2. The summed E-state index contributed by atoms with van der Waals surface area (Å²) in [5.41, 5.74) is -0.795. The molecular formula is C8H6BrF2NO2. The first-order chi connectivity index (χ1) is 6.56. The number of carbonyl (C=O) groups excluding carboxylic acids is 1. The Labute approximate surface area is 87.2 Å². The Morgan fingerprint density at radius 3 is 2.79 bits per heavy atom. The molecule has 0 N–H and O–H groups in total. The van der Waals surface area contributed by atoms with Crippen LogP contribution >= 0.6 is 15.9 Å². The molecule has 0 aromatic carbocycles. The van der Waals surface area contributed by atoms with Crippen molar-refractivity contribution >= 4 is 21.9 Å². The van der Waals surface area contributed by atoms with Crippen LogP contribution < -0.4 is 0 Å². The summed E-state index contributed by atoms with van der Waals surface area (Å²) in [5, 5.41) is 0. The van der Waals surface area contributed by atoms with E-state index in [-0.39, 0.29) is 5.56 Å². The number of rotatable bonds is 2. The molecule has 0 aliphatic rings. The number of esters is 1. The highest BCUT2D eigenvalue weighted by molar-refractivity contribution is 9.10. The molecule has 0 aliphatic carbocycles. The van der Waals surface area contributed by atoms with Crippen LogP contribution in [0.5, 0.6) is 0 Å². The van der Waals surface area contributed by atoms with E-state index in [9.17, 15) is 13.6 Å². The van der Waals surface area contributed by atoms with Gasteiger partial charge in [0.05, 0.1) is 12.7 Å². The fraction of sp³-hybridized carbons (Fsp3) is 0.250. The molecule has 0 unspecified atom stereocenters. The van der Waals surface area contributed by atoms with Crippen LogP contribution in [0, 0.1) is 0 Å². The molecule has 1 heterocycles. The number of methoxy groups -OCH3 is 1. The van der Waals surface area contributed by atoms with E-state index in [0.717, 1.165) is 7.11 Å². The maximum absolute atomic E-state index is 12.4. The SMILES string of the molecule is COC(=O)c1cc(Br)cnc1C(F)F. The van der Waals surface area contributed by atoms with Crippen molar-refractivity contribution in [1.29, 1.82) is 0 Å². The second-order valence-electron chi connectivity index (χ2n) is 2.38. The van der Waals surface area contributed by atoms with Crippen LogP contribution in [0.2, 0.25) is 0 Å². The zero-order valence-electron chi connectivity index (χ0n) is 7.13. The Morgan fingerprint density at radius 2 is 2.29 bits per heavy atom. The lowest BCUT2D eigenvalue weighted by Crippen LogP contribution is -2.07. The lowest BCUT2D eigenvalue weighted by Gasteiger charge is -2.05. The van der Waals surface area contributed by atoms with Crippen LogP contribution in [-0.2, 0) is 4.74 Å². The first-order valence-corrected chi connectivity index (χ1v) is 4.37. The lowest BCUT2D eigenvalue weighted by molar-refractivity contribution is 0.0587. The van der Waals surface area contributed by atoms with E-state index in [1.54, 1.807) is 0 Å². The summed E-state index contributed by atoms with van der Waals surface area (Å²) >= 11 is 3.03. The molecule has 0 fully saturated rings. The van der Waals surface area contributed by atoms with Crippen LogP contribution in [0.25, 0.3) is 0 Å². The minimum Gasteiger partial charge on any atom is -0.465 e. The van der Waals surface area contributed by atoms with Gasteiger partial charge in [-0.2, -0.15) is 0 Å². The minimum absolute atomic E-state index is 0.225. The average molecular weight is 266 g/mol. The summed E-state index contributed by atoms with van der Waals surface area (Å²) in [6, 6.07) is 1.25. The summed E-state index contributed by atoms with van der Waals surface area (Å²) in [4.78, 5) is 14.5. The second kappa shape index (κ2) is 4.45. The molecule has 6 heteroatoms. The molecule has 1 rings (SSSR count). The van der Waals surface area contributed by atoms with Gasteiger partial charge in [-0.1, -0.05) is 0 Å². The van der Waals surface area contributed by atoms with Crippen molar-refractivity contribution in [3.63, 3.8) is 0 Å². The topological polar surface area (TPSA) is 39.2 Å². The molecule has 3 nitrogen and oxygen atoms in total. The van der Waals surface area contributed by atoms with Crippen molar-refractivity contribution in [2.75, 3.05) is 7.11 Å². The number of nitrogens with zero attached hydrogens (tertiary/aromatic N) is 1. The standard InChI is InChI=1S/C8H6BrF2NO2/c1-14-8(13)5-2-4(9)3-12-6(5)7(10)11/h2-3,7H,1H3. The molecule has 14 heavy (non-hydrogen) atoms. The van der Waals surface area contributed by atoms with Gasteiger partial charge in [0.15, 0.2) is 0 Å². The Bertz CT molecular complexity index is 357. The Morgan fingerprint density at radius 1 is 1.64 bits per heavy atom. The summed E-state index contributed by atoms with van der Waals surface area (Å²) in [5.74, 6) is -0.825. The highest BCUT2D eigenvalue weighted by atomic mass is 79.9. The normalized spacial score (nSPS) is 10.4. The number of hydrogen-bond donors (Lipinski definition) is 0. The van der Waals surface area contributed by atoms with Gasteiger partial charge in [-0.15, -0.1) is 0 Å². The number of hydrogen-bond acceptors (Lipinski definition) is 3. The van der Waals surface area contributed by atoms with Gasteiger partial charge in [-0.3, -0.25) is 4.98 Å². The van der Waals surface area contributed by atoms with Crippen LogP contribution in [0.1, 0.15) is 22.5 Å². The molecule has 0 radical (unpaired) electrons. The van der Waals surface area contributed by atoms with Crippen LogP contribution in [0.4, 0.5) is 8.78 Å².